The highest BCUT2D eigenvalue weighted by Gasteiger charge is 2.25. The van der Waals surface area contributed by atoms with Crippen molar-refractivity contribution >= 4 is 68.1 Å². The number of aromatic nitrogens is 3. The predicted octanol–water partition coefficient (Wildman–Crippen LogP) is 6.54. The third kappa shape index (κ3) is 7.80. The van der Waals surface area contributed by atoms with E-state index in [1.165, 1.54) is 0 Å². The smallest absolute Gasteiger partial charge is 0.220 e. The van der Waals surface area contributed by atoms with Gasteiger partial charge in [-0.1, -0.05) is 59.6 Å². The fraction of sp³-hybridized carbons (Fsp3) is 0.324. The Bertz CT molecular complexity index is 2080. The van der Waals surface area contributed by atoms with Crippen molar-refractivity contribution < 1.29 is 14.3 Å². The number of thiazole rings is 1. The zero-order valence-corrected chi connectivity index (χ0v) is 30.4. The van der Waals surface area contributed by atoms with Gasteiger partial charge in [0, 0.05) is 59.9 Å². The molecule has 2 aliphatic rings. The average Bonchev–Trinajstić information content (AvgIpc) is 3.75. The van der Waals surface area contributed by atoms with Gasteiger partial charge in [-0.05, 0) is 50.6 Å². The van der Waals surface area contributed by atoms with Gasteiger partial charge in [-0.2, -0.15) is 0 Å². The Morgan fingerprint density at radius 2 is 1.78 bits per heavy atom. The van der Waals surface area contributed by atoms with Crippen molar-refractivity contribution in [3.63, 3.8) is 0 Å². The van der Waals surface area contributed by atoms with Gasteiger partial charge in [0.15, 0.2) is 5.82 Å². The number of nitrogens with zero attached hydrogens (tertiary/aromatic N) is 4. The van der Waals surface area contributed by atoms with Crippen molar-refractivity contribution in [1.29, 1.82) is 0 Å². The number of benzene rings is 2. The van der Waals surface area contributed by atoms with Crippen LogP contribution >= 0.6 is 34.5 Å². The lowest BCUT2D eigenvalue weighted by molar-refractivity contribution is -0.123. The van der Waals surface area contributed by atoms with E-state index in [-0.39, 0.29) is 23.8 Å². The number of hydrogen-bond acceptors (Lipinski definition) is 10. The van der Waals surface area contributed by atoms with Crippen LogP contribution in [0.5, 0.6) is 5.88 Å². The number of pyridine rings is 2. The number of anilines is 2. The third-order valence-electron chi connectivity index (χ3n) is 9.44. The van der Waals surface area contributed by atoms with E-state index < -0.39 is 0 Å². The van der Waals surface area contributed by atoms with Gasteiger partial charge in [0.05, 0.1) is 39.8 Å². The summed E-state index contributed by atoms with van der Waals surface area (Å²) in [4.78, 5) is 39.8. The minimum absolute atomic E-state index is 0.0472. The number of carbonyl (C=O) groups is 2. The highest BCUT2D eigenvalue weighted by Crippen LogP contribution is 2.42. The van der Waals surface area contributed by atoms with Crippen molar-refractivity contribution in [1.82, 2.24) is 30.5 Å². The van der Waals surface area contributed by atoms with Crippen LogP contribution in [-0.2, 0) is 22.7 Å². The highest BCUT2D eigenvalue weighted by molar-refractivity contribution is 7.18. The summed E-state index contributed by atoms with van der Waals surface area (Å²) in [6.07, 6.45) is 4.71. The van der Waals surface area contributed by atoms with Gasteiger partial charge >= 0.3 is 0 Å². The van der Waals surface area contributed by atoms with Crippen LogP contribution in [0.15, 0.2) is 60.8 Å². The van der Waals surface area contributed by atoms with E-state index in [4.69, 9.17) is 43.6 Å². The number of nitrogens with two attached hydrogens (primary N) is 1. The molecule has 7 rings (SSSR count). The number of likely N-dealkylation sites (tertiary alicyclic amines) is 1. The second kappa shape index (κ2) is 15.5. The lowest BCUT2D eigenvalue weighted by Crippen LogP contribution is -2.38. The average molecular weight is 746 g/mol. The van der Waals surface area contributed by atoms with Crippen LogP contribution < -0.4 is 26.4 Å². The van der Waals surface area contributed by atoms with Crippen molar-refractivity contribution in [3.8, 4) is 28.3 Å². The molecule has 2 aromatic carbocycles. The van der Waals surface area contributed by atoms with E-state index >= 15 is 0 Å². The summed E-state index contributed by atoms with van der Waals surface area (Å²) in [5, 5.41) is 11.8. The summed E-state index contributed by atoms with van der Waals surface area (Å²) in [6, 6.07) is 17.6. The summed E-state index contributed by atoms with van der Waals surface area (Å²) in [6.45, 7) is 3.56. The van der Waals surface area contributed by atoms with Gasteiger partial charge in [0.2, 0.25) is 17.7 Å². The van der Waals surface area contributed by atoms with Gasteiger partial charge < -0.3 is 26.4 Å². The molecule has 2 amide bonds. The number of primary amides is 1. The number of methoxy groups -OCH3 is 1. The largest absolute Gasteiger partial charge is 0.481 e. The Morgan fingerprint density at radius 3 is 2.53 bits per heavy atom. The maximum absolute atomic E-state index is 11.6. The van der Waals surface area contributed by atoms with Crippen molar-refractivity contribution in [2.24, 2.45) is 11.7 Å². The number of halogens is 2. The third-order valence-corrected chi connectivity index (χ3v) is 11.3. The molecule has 5 aromatic rings. The summed E-state index contributed by atoms with van der Waals surface area (Å²) in [7, 11) is 1.60. The molecule has 0 radical (unpaired) electrons. The van der Waals surface area contributed by atoms with Crippen molar-refractivity contribution in [2.75, 3.05) is 32.1 Å². The van der Waals surface area contributed by atoms with Gasteiger partial charge in [0.25, 0.3) is 0 Å². The zero-order chi connectivity index (χ0) is 35.5. The first-order chi connectivity index (χ1) is 24.8. The van der Waals surface area contributed by atoms with Gasteiger partial charge in [0.1, 0.15) is 10.5 Å². The van der Waals surface area contributed by atoms with Crippen LogP contribution in [0, 0.1) is 5.92 Å². The molecule has 1 atom stereocenters. The molecule has 5 heterocycles. The maximum atomic E-state index is 11.6. The highest BCUT2D eigenvalue weighted by atomic mass is 35.5. The topological polar surface area (TPSA) is 147 Å². The molecule has 3 aromatic heterocycles. The molecule has 5 N–H and O–H groups in total. The molecule has 2 fully saturated rings. The van der Waals surface area contributed by atoms with Crippen LogP contribution in [0.1, 0.15) is 36.3 Å². The van der Waals surface area contributed by atoms with Crippen LogP contribution in [0.2, 0.25) is 10.0 Å². The number of hydrogen-bond donors (Lipinski definition) is 4. The summed E-state index contributed by atoms with van der Waals surface area (Å²) >= 11 is 15.8. The first-order valence-electron chi connectivity index (χ1n) is 16.9. The lowest BCUT2D eigenvalue weighted by atomic mass is 9.96. The Balaban J connectivity index is 1.09. The monoisotopic (exact) mass is 744 g/mol. The van der Waals surface area contributed by atoms with E-state index in [9.17, 15) is 9.59 Å². The number of ether oxygens (including phenoxy) is 1. The van der Waals surface area contributed by atoms with Gasteiger partial charge in [-0.25, -0.2) is 15.0 Å². The second-order valence-corrected chi connectivity index (χ2v) is 14.7. The van der Waals surface area contributed by atoms with Crippen LogP contribution in [0.3, 0.4) is 0 Å². The molecule has 0 spiro atoms. The van der Waals surface area contributed by atoms with Crippen LogP contribution in [0.25, 0.3) is 32.6 Å². The molecule has 0 aliphatic carbocycles. The number of rotatable bonds is 12. The van der Waals surface area contributed by atoms with Crippen LogP contribution in [0.4, 0.5) is 11.5 Å². The molecule has 0 saturated carbocycles. The van der Waals surface area contributed by atoms with Crippen LogP contribution in [-0.4, -0.2) is 64.5 Å². The fourth-order valence-corrected chi connectivity index (χ4v) is 8.28. The first-order valence-corrected chi connectivity index (χ1v) is 18.5. The van der Waals surface area contributed by atoms with Crippen molar-refractivity contribution in [2.45, 2.75) is 44.8 Å². The zero-order valence-electron chi connectivity index (χ0n) is 28.0. The number of nitrogens with one attached hydrogen (secondary N) is 3. The van der Waals surface area contributed by atoms with Gasteiger partial charge in [-0.3, -0.25) is 14.5 Å². The molecule has 2 aliphatic heterocycles. The maximum Gasteiger partial charge on any atom is 0.220 e. The molecule has 14 heteroatoms. The normalized spacial score (nSPS) is 16.8. The van der Waals surface area contributed by atoms with E-state index in [1.807, 2.05) is 54.6 Å². The minimum Gasteiger partial charge on any atom is -0.481 e. The summed E-state index contributed by atoms with van der Waals surface area (Å²) < 4.78 is 6.67. The second-order valence-electron chi connectivity index (χ2n) is 12.8. The summed E-state index contributed by atoms with van der Waals surface area (Å²) in [5.74, 6) is 0.950. The molecule has 51 heavy (non-hydrogen) atoms. The molecule has 0 unspecified atom stereocenters. The van der Waals surface area contributed by atoms with Gasteiger partial charge in [-0.15, -0.1) is 11.3 Å². The van der Waals surface area contributed by atoms with E-state index in [0.717, 1.165) is 69.8 Å². The lowest BCUT2D eigenvalue weighted by Gasteiger charge is -2.29. The first kappa shape index (κ1) is 35.1. The van der Waals surface area contributed by atoms with Crippen molar-refractivity contribution in [3.05, 3.63) is 81.4 Å². The summed E-state index contributed by atoms with van der Waals surface area (Å²) in [5.41, 5.74) is 10.8. The fourth-order valence-electron chi connectivity index (χ4n) is 6.67. The number of amides is 2. The molecular weight excluding hydrogens is 707 g/mol. The molecular formula is C37H38Cl2N8O3S. The molecule has 11 nitrogen and oxygen atoms in total. The Hall–Kier alpha value is -4.33. The Kier molecular flexibility index (Phi) is 10.7. The number of fused-ring (bicyclic) bond motifs is 1. The number of carbonyl (C=O) groups excluding carboxylic acids is 2. The van der Waals surface area contributed by atoms with E-state index in [0.29, 0.717) is 59.2 Å². The SMILES string of the molecule is COc1nc(-c2cccc(-c3cccc(Nc4nccc5sc(CN6CCC(C(N)=O)CC6)nc45)c3Cl)c2Cl)ccc1CNC[C@@H]1CCC(=O)N1. The molecule has 0 bridgehead atoms. The minimum atomic E-state index is -0.213. The molecule has 2 saturated heterocycles. The van der Waals surface area contributed by atoms with E-state index in [2.05, 4.69) is 25.8 Å². The number of piperidine rings is 1. The Labute approximate surface area is 309 Å². The van der Waals surface area contributed by atoms with E-state index in [1.54, 1.807) is 24.6 Å². The molecule has 264 valence electrons. The quantitative estimate of drug-likeness (QED) is 0.112. The standard InChI is InChI=1S/C37H38Cl2N8O3S/c1-50-37-22(18-41-19-23-9-11-30(48)43-23)8-10-27(45-37)26-6-2-4-24(32(26)38)25-5-3-7-28(33(25)39)44-36-34-29(12-15-42-36)51-31(46-34)20-47-16-13-21(14-17-47)35(40)49/h2-8,10,12,15,21,23,41H,9,11,13-14,16-20H2,1H3,(H2,40,49)(H,42,44)(H,43,48)/t23-/m0/s1. The predicted molar refractivity (Wildman–Crippen MR) is 202 cm³/mol. The Morgan fingerprint density at radius 1 is 1.02 bits per heavy atom.